The first-order valence-corrected chi connectivity index (χ1v) is 6.86. The molecule has 3 heteroatoms. The molecule has 0 N–H and O–H groups in total. The minimum absolute atomic E-state index is 0.746. The molecule has 0 bridgehead atoms. The zero-order valence-electron chi connectivity index (χ0n) is 9.29. The molecule has 1 aliphatic carbocycles. The zero-order valence-corrected chi connectivity index (χ0v) is 10.2. The highest BCUT2D eigenvalue weighted by molar-refractivity contribution is 7.50. The summed E-state index contributed by atoms with van der Waals surface area (Å²) >= 11 is 0. The summed E-state index contributed by atoms with van der Waals surface area (Å²) in [6.07, 6.45) is 6.57. The van der Waals surface area contributed by atoms with Crippen molar-refractivity contribution in [2.45, 2.75) is 46.0 Å². The van der Waals surface area contributed by atoms with E-state index >= 15 is 0 Å². The van der Waals surface area contributed by atoms with E-state index < -0.39 is 8.38 Å². The first kappa shape index (κ1) is 12.2. The van der Waals surface area contributed by atoms with E-state index in [1.54, 1.807) is 5.57 Å². The van der Waals surface area contributed by atoms with Crippen LogP contribution in [0.3, 0.4) is 0 Å². The molecule has 1 rings (SSSR count). The third kappa shape index (κ3) is 4.54. The average molecular weight is 216 g/mol. The second kappa shape index (κ2) is 7.39. The molecule has 0 atom stereocenters. The Balaban J connectivity index is 2.41. The van der Waals surface area contributed by atoms with Gasteiger partial charge in [0, 0.05) is 0 Å². The Morgan fingerprint density at radius 1 is 1.07 bits per heavy atom. The van der Waals surface area contributed by atoms with Crippen LogP contribution >= 0.6 is 8.38 Å². The number of allylic oxidation sites excluding steroid dienone is 1. The van der Waals surface area contributed by atoms with Gasteiger partial charge >= 0.3 is 0 Å². The lowest BCUT2D eigenvalue weighted by molar-refractivity contribution is 0.276. The number of rotatable bonds is 5. The Hall–Kier alpha value is 0.0900. The van der Waals surface area contributed by atoms with Crippen molar-refractivity contribution < 1.29 is 9.05 Å². The third-order valence-electron chi connectivity index (χ3n) is 2.30. The molecule has 82 valence electrons. The van der Waals surface area contributed by atoms with Crippen LogP contribution in [0.15, 0.2) is 11.4 Å². The standard InChI is InChI=1S/C11H21O2P/c1-3-12-14(13-4-2)10-11-8-6-5-7-9-11/h10H,3-9H2,1-2H3. The quantitative estimate of drug-likeness (QED) is 0.640. The van der Waals surface area contributed by atoms with E-state index in [0.29, 0.717) is 0 Å². The van der Waals surface area contributed by atoms with Crippen molar-refractivity contribution in [3.63, 3.8) is 0 Å². The molecule has 0 radical (unpaired) electrons. The summed E-state index contributed by atoms with van der Waals surface area (Å²) in [5.41, 5.74) is 1.55. The molecule has 0 amide bonds. The van der Waals surface area contributed by atoms with Crippen LogP contribution in [0.25, 0.3) is 0 Å². The summed E-state index contributed by atoms with van der Waals surface area (Å²) in [5.74, 6) is 2.24. The van der Waals surface area contributed by atoms with Gasteiger partial charge in [-0.1, -0.05) is 12.0 Å². The van der Waals surface area contributed by atoms with Gasteiger partial charge in [0.2, 0.25) is 0 Å². The molecule has 0 heterocycles. The number of hydrogen-bond donors (Lipinski definition) is 0. The van der Waals surface area contributed by atoms with E-state index in [0.717, 1.165) is 13.2 Å². The van der Waals surface area contributed by atoms with Gasteiger partial charge in [0.25, 0.3) is 0 Å². The van der Waals surface area contributed by atoms with Crippen LogP contribution in [0.1, 0.15) is 46.0 Å². The lowest BCUT2D eigenvalue weighted by Crippen LogP contribution is -1.95. The molecule has 0 spiro atoms. The van der Waals surface area contributed by atoms with Crippen molar-refractivity contribution in [2.24, 2.45) is 0 Å². The third-order valence-corrected chi connectivity index (χ3v) is 3.90. The second-order valence-electron chi connectivity index (χ2n) is 3.47. The van der Waals surface area contributed by atoms with Crippen molar-refractivity contribution in [1.82, 2.24) is 0 Å². The topological polar surface area (TPSA) is 18.5 Å². The summed E-state index contributed by atoms with van der Waals surface area (Å²) in [7, 11) is -0.746. The first-order valence-electron chi connectivity index (χ1n) is 5.61. The average Bonchev–Trinajstić information content (AvgIpc) is 2.20. The van der Waals surface area contributed by atoms with E-state index in [-0.39, 0.29) is 0 Å². The van der Waals surface area contributed by atoms with Gasteiger partial charge < -0.3 is 9.05 Å². The fourth-order valence-electron chi connectivity index (χ4n) is 1.65. The Morgan fingerprint density at radius 2 is 1.64 bits per heavy atom. The summed E-state index contributed by atoms with van der Waals surface area (Å²) in [4.78, 5) is 0. The summed E-state index contributed by atoms with van der Waals surface area (Å²) in [5, 5.41) is 0. The molecule has 0 aromatic heterocycles. The van der Waals surface area contributed by atoms with E-state index in [2.05, 4.69) is 5.82 Å². The molecule has 1 fully saturated rings. The maximum atomic E-state index is 5.55. The maximum absolute atomic E-state index is 5.55. The fourth-order valence-corrected chi connectivity index (χ4v) is 2.94. The predicted octanol–water partition coefficient (Wildman–Crippen LogP) is 4.22. The van der Waals surface area contributed by atoms with Crippen molar-refractivity contribution >= 4 is 8.38 Å². The van der Waals surface area contributed by atoms with Crippen LogP contribution < -0.4 is 0 Å². The van der Waals surface area contributed by atoms with E-state index in [9.17, 15) is 0 Å². The Bertz CT molecular complexity index is 166. The van der Waals surface area contributed by atoms with Crippen LogP contribution in [0.4, 0.5) is 0 Å². The van der Waals surface area contributed by atoms with Crippen LogP contribution in [0.2, 0.25) is 0 Å². The highest BCUT2D eigenvalue weighted by Gasteiger charge is 2.10. The molecular weight excluding hydrogens is 195 g/mol. The lowest BCUT2D eigenvalue weighted by atomic mass is 9.96. The molecule has 0 aromatic rings. The van der Waals surface area contributed by atoms with Crippen LogP contribution in [-0.4, -0.2) is 13.2 Å². The SMILES string of the molecule is CCOP(C=C1CCCCC1)OCC. The molecule has 0 saturated heterocycles. The second-order valence-corrected chi connectivity index (χ2v) is 4.81. The van der Waals surface area contributed by atoms with Crippen LogP contribution in [0, 0.1) is 0 Å². The van der Waals surface area contributed by atoms with Gasteiger partial charge in [-0.3, -0.25) is 0 Å². The van der Waals surface area contributed by atoms with Gasteiger partial charge in [-0.15, -0.1) is 0 Å². The first-order chi connectivity index (χ1) is 6.86. The van der Waals surface area contributed by atoms with Crippen molar-refractivity contribution in [1.29, 1.82) is 0 Å². The monoisotopic (exact) mass is 216 g/mol. The number of hydrogen-bond acceptors (Lipinski definition) is 2. The van der Waals surface area contributed by atoms with Crippen LogP contribution in [0.5, 0.6) is 0 Å². The van der Waals surface area contributed by atoms with E-state index in [1.807, 2.05) is 13.8 Å². The largest absolute Gasteiger partial charge is 0.331 e. The predicted molar refractivity (Wildman–Crippen MR) is 61.3 cm³/mol. The van der Waals surface area contributed by atoms with Gasteiger partial charge in [0.1, 0.15) is 0 Å². The molecule has 2 nitrogen and oxygen atoms in total. The Labute approximate surface area is 88.6 Å². The highest BCUT2D eigenvalue weighted by atomic mass is 31.2. The minimum Gasteiger partial charge on any atom is -0.331 e. The minimum atomic E-state index is -0.746. The van der Waals surface area contributed by atoms with Crippen LogP contribution in [-0.2, 0) is 9.05 Å². The summed E-state index contributed by atoms with van der Waals surface area (Å²) < 4.78 is 11.1. The molecule has 0 aliphatic heterocycles. The Kier molecular flexibility index (Phi) is 6.42. The van der Waals surface area contributed by atoms with Crippen molar-refractivity contribution in [2.75, 3.05) is 13.2 Å². The lowest BCUT2D eigenvalue weighted by Gasteiger charge is -2.17. The van der Waals surface area contributed by atoms with Crippen molar-refractivity contribution in [3.8, 4) is 0 Å². The fraction of sp³-hybridized carbons (Fsp3) is 0.818. The summed E-state index contributed by atoms with van der Waals surface area (Å²) in [6.45, 7) is 5.53. The molecule has 0 aromatic carbocycles. The van der Waals surface area contributed by atoms with E-state index in [4.69, 9.17) is 9.05 Å². The summed E-state index contributed by atoms with van der Waals surface area (Å²) in [6, 6.07) is 0. The normalized spacial score (nSPS) is 17.5. The molecule has 0 unspecified atom stereocenters. The molecule has 1 saturated carbocycles. The van der Waals surface area contributed by atoms with E-state index in [1.165, 1.54) is 32.1 Å². The zero-order chi connectivity index (χ0) is 10.2. The van der Waals surface area contributed by atoms with Gasteiger partial charge in [-0.2, -0.15) is 0 Å². The molecule has 1 aliphatic rings. The van der Waals surface area contributed by atoms with Gasteiger partial charge in [-0.05, 0) is 45.3 Å². The van der Waals surface area contributed by atoms with Crippen molar-refractivity contribution in [3.05, 3.63) is 11.4 Å². The smallest absolute Gasteiger partial charge is 0.197 e. The van der Waals surface area contributed by atoms with Gasteiger partial charge in [-0.25, -0.2) is 0 Å². The molecular formula is C11H21O2P. The van der Waals surface area contributed by atoms with Gasteiger partial charge in [0.15, 0.2) is 8.38 Å². The van der Waals surface area contributed by atoms with Gasteiger partial charge in [0.05, 0.1) is 13.2 Å². The molecule has 14 heavy (non-hydrogen) atoms. The highest BCUT2D eigenvalue weighted by Crippen LogP contribution is 2.42. The maximum Gasteiger partial charge on any atom is 0.197 e. The Morgan fingerprint density at radius 3 is 2.14 bits per heavy atom.